The normalized spacial score (nSPS) is 11.5. The van der Waals surface area contributed by atoms with Crippen molar-refractivity contribution in [3.8, 4) is 0 Å². The van der Waals surface area contributed by atoms with Gasteiger partial charge in [-0.05, 0) is 64.6 Å². The Labute approximate surface area is 266 Å². The third-order valence-corrected chi connectivity index (χ3v) is 8.21. The number of hydrogen-bond acceptors (Lipinski definition) is 7. The third-order valence-electron chi connectivity index (χ3n) is 8.21. The van der Waals surface area contributed by atoms with Crippen LogP contribution in [0.1, 0.15) is 162 Å². The van der Waals surface area contributed by atoms with Gasteiger partial charge in [-0.15, -0.1) is 0 Å². The predicted octanol–water partition coefficient (Wildman–Crippen LogP) is 8.31. The number of hydrogen-bond donors (Lipinski definition) is 1. The van der Waals surface area contributed by atoms with Gasteiger partial charge in [0.25, 0.3) is 0 Å². The van der Waals surface area contributed by atoms with Crippen molar-refractivity contribution in [2.45, 2.75) is 162 Å². The van der Waals surface area contributed by atoms with E-state index in [0.717, 1.165) is 103 Å². The molecule has 0 unspecified atom stereocenters. The van der Waals surface area contributed by atoms with E-state index >= 15 is 0 Å². The van der Waals surface area contributed by atoms with Gasteiger partial charge in [0.2, 0.25) is 0 Å². The number of esters is 2. The van der Waals surface area contributed by atoms with Crippen LogP contribution < -0.4 is 0 Å². The van der Waals surface area contributed by atoms with Gasteiger partial charge in [-0.1, -0.05) is 104 Å². The summed E-state index contributed by atoms with van der Waals surface area (Å²) in [6.07, 6.45) is 23.7. The molecule has 7 heteroatoms. The molecule has 0 aliphatic carbocycles. The van der Waals surface area contributed by atoms with Crippen LogP contribution in [0, 0.1) is 0 Å². The lowest BCUT2D eigenvalue weighted by Gasteiger charge is -2.27. The van der Waals surface area contributed by atoms with Gasteiger partial charge in [0.05, 0.1) is 19.8 Å². The summed E-state index contributed by atoms with van der Waals surface area (Å²) in [5.41, 5.74) is 0. The number of nitrogens with zero attached hydrogens (tertiary/aromatic N) is 2. The molecular weight excluding hydrogens is 540 g/mol. The van der Waals surface area contributed by atoms with E-state index in [1.54, 1.807) is 0 Å². The summed E-state index contributed by atoms with van der Waals surface area (Å²) in [7, 11) is 0. The Morgan fingerprint density at radius 2 is 0.791 bits per heavy atom. The first-order valence-electron chi connectivity index (χ1n) is 18.4. The molecule has 0 aliphatic heterocycles. The van der Waals surface area contributed by atoms with Crippen LogP contribution in [0.15, 0.2) is 0 Å². The van der Waals surface area contributed by atoms with E-state index < -0.39 is 0 Å². The second-order valence-electron chi connectivity index (χ2n) is 12.4. The van der Waals surface area contributed by atoms with Crippen LogP contribution in [0.25, 0.3) is 0 Å². The second kappa shape index (κ2) is 33.7. The second-order valence-corrected chi connectivity index (χ2v) is 12.4. The van der Waals surface area contributed by atoms with Gasteiger partial charge in [0.15, 0.2) is 0 Å². The van der Waals surface area contributed by atoms with E-state index in [1.807, 2.05) is 0 Å². The molecule has 1 N–H and O–H groups in total. The molecule has 256 valence electrons. The quantitative estimate of drug-likeness (QED) is 0.0578. The van der Waals surface area contributed by atoms with Gasteiger partial charge in [-0.3, -0.25) is 14.5 Å². The summed E-state index contributed by atoms with van der Waals surface area (Å²) in [4.78, 5) is 29.1. The minimum Gasteiger partial charge on any atom is -0.466 e. The molecule has 0 atom stereocenters. The number of carbonyl (C=O) groups excluding carboxylic acids is 2. The van der Waals surface area contributed by atoms with Crippen LogP contribution in [0.2, 0.25) is 0 Å². The fraction of sp³-hybridized carbons (Fsp3) is 0.944. The minimum atomic E-state index is -0.0508. The Morgan fingerprint density at radius 3 is 1.19 bits per heavy atom. The van der Waals surface area contributed by atoms with Gasteiger partial charge in [-0.2, -0.15) is 0 Å². The zero-order valence-corrected chi connectivity index (χ0v) is 28.9. The van der Waals surface area contributed by atoms with E-state index in [0.29, 0.717) is 26.1 Å². The van der Waals surface area contributed by atoms with E-state index in [2.05, 4.69) is 30.6 Å². The first kappa shape index (κ1) is 41.8. The lowest BCUT2D eigenvalue weighted by molar-refractivity contribution is -0.144. The van der Waals surface area contributed by atoms with E-state index in [-0.39, 0.29) is 18.5 Å². The molecule has 0 rings (SSSR count). The van der Waals surface area contributed by atoms with E-state index in [4.69, 9.17) is 9.47 Å². The van der Waals surface area contributed by atoms with Crippen LogP contribution >= 0.6 is 0 Å². The Bertz CT molecular complexity index is 566. The Balaban J connectivity index is 4.37. The molecule has 0 radical (unpaired) electrons. The fourth-order valence-electron chi connectivity index (χ4n) is 5.35. The molecule has 7 nitrogen and oxygen atoms in total. The Hall–Kier alpha value is -1.18. The molecule has 0 aliphatic rings. The largest absolute Gasteiger partial charge is 0.466 e. The van der Waals surface area contributed by atoms with Gasteiger partial charge in [-0.25, -0.2) is 0 Å². The van der Waals surface area contributed by atoms with Crippen molar-refractivity contribution in [1.82, 2.24) is 9.80 Å². The van der Waals surface area contributed by atoms with Gasteiger partial charge < -0.3 is 19.5 Å². The third kappa shape index (κ3) is 30.6. The number of ether oxygens (including phenoxy) is 2. The van der Waals surface area contributed by atoms with Gasteiger partial charge >= 0.3 is 11.9 Å². The smallest absolute Gasteiger partial charge is 0.305 e. The molecule has 0 saturated heterocycles. The van der Waals surface area contributed by atoms with Crippen LogP contribution in [-0.2, 0) is 19.1 Å². The highest BCUT2D eigenvalue weighted by Crippen LogP contribution is 2.10. The summed E-state index contributed by atoms with van der Waals surface area (Å²) in [5.74, 6) is -0.102. The van der Waals surface area contributed by atoms with Crippen LogP contribution in [0.3, 0.4) is 0 Å². The molecule has 0 heterocycles. The summed E-state index contributed by atoms with van der Waals surface area (Å²) >= 11 is 0. The monoisotopic (exact) mass is 613 g/mol. The lowest BCUT2D eigenvalue weighted by Crippen LogP contribution is -2.38. The zero-order chi connectivity index (χ0) is 31.6. The Kier molecular flexibility index (Phi) is 32.8. The summed E-state index contributed by atoms with van der Waals surface area (Å²) in [6.45, 7) is 13.8. The summed E-state index contributed by atoms with van der Waals surface area (Å²) in [6, 6.07) is 0. The average molecular weight is 613 g/mol. The number of rotatable bonds is 34. The van der Waals surface area contributed by atoms with Crippen molar-refractivity contribution in [1.29, 1.82) is 0 Å². The van der Waals surface area contributed by atoms with Crippen molar-refractivity contribution < 1.29 is 24.2 Å². The maximum Gasteiger partial charge on any atom is 0.305 e. The zero-order valence-electron chi connectivity index (χ0n) is 28.9. The highest BCUT2D eigenvalue weighted by atomic mass is 16.5. The predicted molar refractivity (Wildman–Crippen MR) is 180 cm³/mol. The van der Waals surface area contributed by atoms with Crippen molar-refractivity contribution >= 4 is 11.9 Å². The van der Waals surface area contributed by atoms with Crippen LogP contribution in [0.4, 0.5) is 0 Å². The number of aliphatic hydroxyl groups is 1. The number of carbonyl (C=O) groups is 2. The van der Waals surface area contributed by atoms with Crippen molar-refractivity contribution in [2.75, 3.05) is 59.1 Å². The molecule has 0 amide bonds. The summed E-state index contributed by atoms with van der Waals surface area (Å²) < 4.78 is 10.8. The first-order valence-corrected chi connectivity index (χ1v) is 18.4. The molecule has 0 aromatic heterocycles. The molecule has 0 spiro atoms. The van der Waals surface area contributed by atoms with E-state index in [1.165, 1.54) is 64.2 Å². The molecule has 0 bridgehead atoms. The maximum atomic E-state index is 12.1. The topological polar surface area (TPSA) is 79.3 Å². The van der Waals surface area contributed by atoms with Gasteiger partial charge in [0.1, 0.15) is 0 Å². The highest BCUT2D eigenvalue weighted by Gasteiger charge is 2.11. The molecule has 0 fully saturated rings. The lowest BCUT2D eigenvalue weighted by atomic mass is 10.1. The molecule has 0 aromatic carbocycles. The van der Waals surface area contributed by atoms with Crippen molar-refractivity contribution in [3.05, 3.63) is 0 Å². The minimum absolute atomic E-state index is 0.0508. The first-order chi connectivity index (χ1) is 21.1. The number of aliphatic hydroxyl groups excluding tert-OH is 1. The fourth-order valence-corrected chi connectivity index (χ4v) is 5.35. The SMILES string of the molecule is CCCCCCCOC(=O)CCCCCN(CCCCCC(=O)OCCCCCCC)CCN(CCO)CCCCCC. The Morgan fingerprint density at radius 1 is 0.442 bits per heavy atom. The molecule has 0 saturated carbocycles. The van der Waals surface area contributed by atoms with Gasteiger partial charge in [0, 0.05) is 32.5 Å². The molecule has 43 heavy (non-hydrogen) atoms. The standard InChI is InChI=1S/C36H72N2O5/c1-4-7-10-13-22-33-42-35(40)24-17-15-20-26-37(29-30-38(31-32-39)28-19-12-9-6-3)27-21-16-18-25-36(41)43-34-23-14-11-8-5-2/h39H,4-34H2,1-3H3. The van der Waals surface area contributed by atoms with E-state index in [9.17, 15) is 14.7 Å². The van der Waals surface area contributed by atoms with Crippen molar-refractivity contribution in [2.24, 2.45) is 0 Å². The van der Waals surface area contributed by atoms with Crippen LogP contribution in [0.5, 0.6) is 0 Å². The molecular formula is C36H72N2O5. The number of unbranched alkanes of at least 4 members (excludes halogenated alkanes) is 15. The average Bonchev–Trinajstić information content (AvgIpc) is 3.00. The molecule has 0 aromatic rings. The highest BCUT2D eigenvalue weighted by molar-refractivity contribution is 5.69. The maximum absolute atomic E-state index is 12.1. The van der Waals surface area contributed by atoms with Crippen LogP contribution in [-0.4, -0.2) is 85.9 Å². The van der Waals surface area contributed by atoms with Crippen molar-refractivity contribution in [3.63, 3.8) is 0 Å². The summed E-state index contributed by atoms with van der Waals surface area (Å²) in [5, 5.41) is 9.57.